The zero-order valence-corrected chi connectivity index (χ0v) is 16.6. The summed E-state index contributed by atoms with van der Waals surface area (Å²) >= 11 is 1.55. The number of amides is 1. The Morgan fingerprint density at radius 2 is 2.15 bits per heavy atom. The van der Waals surface area contributed by atoms with Crippen LogP contribution in [0.25, 0.3) is 0 Å². The Hall–Kier alpha value is -1.80. The van der Waals surface area contributed by atoms with E-state index in [2.05, 4.69) is 22.5 Å². The molecule has 140 valence electrons. The SMILES string of the molecule is Cc1cccc(CSCC(=O)Nc2cc(C)nn2[C@@H]2CCS(=O)(=O)C2)c1. The van der Waals surface area contributed by atoms with E-state index in [1.165, 1.54) is 11.1 Å². The first-order chi connectivity index (χ1) is 12.3. The lowest BCUT2D eigenvalue weighted by molar-refractivity contribution is -0.113. The van der Waals surface area contributed by atoms with E-state index < -0.39 is 9.84 Å². The fraction of sp³-hybridized carbons (Fsp3) is 0.444. The number of rotatable bonds is 6. The molecular formula is C18H23N3O3S2. The van der Waals surface area contributed by atoms with Crippen LogP contribution in [0.5, 0.6) is 0 Å². The number of aromatic nitrogens is 2. The summed E-state index contributed by atoms with van der Waals surface area (Å²) in [5, 5.41) is 7.26. The van der Waals surface area contributed by atoms with E-state index in [1.807, 2.05) is 26.0 Å². The normalized spacial score (nSPS) is 18.8. The Balaban J connectivity index is 1.58. The van der Waals surface area contributed by atoms with Gasteiger partial charge in [-0.15, -0.1) is 11.8 Å². The minimum absolute atomic E-state index is 0.0824. The number of carbonyl (C=O) groups is 1. The average molecular weight is 394 g/mol. The monoisotopic (exact) mass is 393 g/mol. The number of hydrogen-bond donors (Lipinski definition) is 1. The van der Waals surface area contributed by atoms with Crippen molar-refractivity contribution < 1.29 is 13.2 Å². The van der Waals surface area contributed by atoms with Crippen molar-refractivity contribution in [2.45, 2.75) is 32.1 Å². The molecule has 1 aliphatic rings. The highest BCUT2D eigenvalue weighted by Gasteiger charge is 2.31. The van der Waals surface area contributed by atoms with Crippen molar-refractivity contribution in [3.8, 4) is 0 Å². The van der Waals surface area contributed by atoms with Gasteiger partial charge in [-0.2, -0.15) is 5.10 Å². The second kappa shape index (κ2) is 7.84. The van der Waals surface area contributed by atoms with Crippen molar-refractivity contribution in [2.75, 3.05) is 22.6 Å². The van der Waals surface area contributed by atoms with Crippen LogP contribution in [0.3, 0.4) is 0 Å². The molecular weight excluding hydrogens is 370 g/mol. The zero-order valence-electron chi connectivity index (χ0n) is 14.9. The Kier molecular flexibility index (Phi) is 5.72. The molecule has 0 saturated carbocycles. The first-order valence-corrected chi connectivity index (χ1v) is 11.5. The van der Waals surface area contributed by atoms with Crippen molar-refractivity contribution in [1.29, 1.82) is 0 Å². The quantitative estimate of drug-likeness (QED) is 0.816. The third kappa shape index (κ3) is 4.88. The van der Waals surface area contributed by atoms with E-state index in [1.54, 1.807) is 22.5 Å². The van der Waals surface area contributed by atoms with Gasteiger partial charge in [-0.05, 0) is 25.8 Å². The molecule has 1 aromatic carbocycles. The van der Waals surface area contributed by atoms with E-state index in [9.17, 15) is 13.2 Å². The van der Waals surface area contributed by atoms with Crippen molar-refractivity contribution in [3.63, 3.8) is 0 Å². The van der Waals surface area contributed by atoms with E-state index in [-0.39, 0.29) is 23.5 Å². The van der Waals surface area contributed by atoms with Crippen molar-refractivity contribution in [3.05, 3.63) is 47.2 Å². The molecule has 1 aliphatic heterocycles. The van der Waals surface area contributed by atoms with Gasteiger partial charge in [-0.25, -0.2) is 13.1 Å². The summed E-state index contributed by atoms with van der Waals surface area (Å²) in [6.07, 6.45) is 0.536. The highest BCUT2D eigenvalue weighted by atomic mass is 32.2. The van der Waals surface area contributed by atoms with Crippen LogP contribution >= 0.6 is 11.8 Å². The van der Waals surface area contributed by atoms with E-state index in [4.69, 9.17) is 0 Å². The number of sulfone groups is 1. The van der Waals surface area contributed by atoms with Gasteiger partial charge < -0.3 is 5.32 Å². The number of carbonyl (C=O) groups excluding carboxylic acids is 1. The van der Waals surface area contributed by atoms with Gasteiger partial charge in [0, 0.05) is 11.8 Å². The van der Waals surface area contributed by atoms with Gasteiger partial charge in [0.15, 0.2) is 9.84 Å². The number of nitrogens with zero attached hydrogens (tertiary/aromatic N) is 2. The largest absolute Gasteiger partial charge is 0.310 e. The van der Waals surface area contributed by atoms with Crippen LogP contribution < -0.4 is 5.32 Å². The molecule has 6 nitrogen and oxygen atoms in total. The molecule has 8 heteroatoms. The molecule has 2 heterocycles. The van der Waals surface area contributed by atoms with E-state index in [0.29, 0.717) is 18.0 Å². The molecule has 0 spiro atoms. The predicted octanol–water partition coefficient (Wildman–Crippen LogP) is 2.73. The zero-order chi connectivity index (χ0) is 18.7. The third-order valence-electron chi connectivity index (χ3n) is 4.26. The van der Waals surface area contributed by atoms with Gasteiger partial charge in [0.1, 0.15) is 5.82 Å². The minimum atomic E-state index is -3.01. The second-order valence-electron chi connectivity index (χ2n) is 6.70. The summed E-state index contributed by atoms with van der Waals surface area (Å²) in [5.74, 6) is 1.83. The fourth-order valence-corrected chi connectivity index (χ4v) is 5.57. The topological polar surface area (TPSA) is 81.1 Å². The molecule has 0 bridgehead atoms. The highest BCUT2D eigenvalue weighted by molar-refractivity contribution is 7.99. The summed E-state index contributed by atoms with van der Waals surface area (Å²) < 4.78 is 25.1. The number of hydrogen-bond acceptors (Lipinski definition) is 5. The molecule has 2 aromatic rings. The van der Waals surface area contributed by atoms with Crippen LogP contribution in [-0.2, 0) is 20.4 Å². The predicted molar refractivity (Wildman–Crippen MR) is 105 cm³/mol. The lowest BCUT2D eigenvalue weighted by Crippen LogP contribution is -2.20. The molecule has 1 N–H and O–H groups in total. The van der Waals surface area contributed by atoms with Crippen LogP contribution in [-0.4, -0.2) is 41.4 Å². The Morgan fingerprint density at radius 3 is 2.85 bits per heavy atom. The maximum Gasteiger partial charge on any atom is 0.235 e. The number of benzene rings is 1. The summed E-state index contributed by atoms with van der Waals surface area (Å²) in [6.45, 7) is 3.88. The van der Waals surface area contributed by atoms with Crippen LogP contribution in [0, 0.1) is 13.8 Å². The molecule has 1 atom stereocenters. The second-order valence-corrected chi connectivity index (χ2v) is 9.92. The third-order valence-corrected chi connectivity index (χ3v) is 7.02. The van der Waals surface area contributed by atoms with Crippen molar-refractivity contribution >= 4 is 33.3 Å². The molecule has 1 saturated heterocycles. The Labute approximate surface area is 158 Å². The molecule has 0 radical (unpaired) electrons. The smallest absolute Gasteiger partial charge is 0.235 e. The first-order valence-electron chi connectivity index (χ1n) is 8.52. The summed E-state index contributed by atoms with van der Waals surface area (Å²) in [7, 11) is -3.01. The van der Waals surface area contributed by atoms with Gasteiger partial charge in [0.05, 0.1) is 29.0 Å². The van der Waals surface area contributed by atoms with Crippen molar-refractivity contribution in [2.24, 2.45) is 0 Å². The highest BCUT2D eigenvalue weighted by Crippen LogP contribution is 2.27. The molecule has 1 fully saturated rings. The van der Waals surface area contributed by atoms with Gasteiger partial charge in [0.2, 0.25) is 5.91 Å². The van der Waals surface area contributed by atoms with Crippen molar-refractivity contribution in [1.82, 2.24) is 9.78 Å². The Morgan fingerprint density at radius 1 is 1.35 bits per heavy atom. The summed E-state index contributed by atoms with van der Waals surface area (Å²) in [6, 6.07) is 9.81. The van der Waals surface area contributed by atoms with E-state index >= 15 is 0 Å². The molecule has 1 amide bonds. The van der Waals surface area contributed by atoms with Gasteiger partial charge >= 0.3 is 0 Å². The van der Waals surface area contributed by atoms with Gasteiger partial charge in [-0.3, -0.25) is 4.79 Å². The van der Waals surface area contributed by atoms with Gasteiger partial charge in [0.25, 0.3) is 0 Å². The fourth-order valence-electron chi connectivity index (χ4n) is 3.10. The number of thioether (sulfide) groups is 1. The maximum absolute atomic E-state index is 12.3. The summed E-state index contributed by atoms with van der Waals surface area (Å²) in [4.78, 5) is 12.3. The lowest BCUT2D eigenvalue weighted by atomic mass is 10.2. The number of nitrogens with one attached hydrogen (secondary N) is 1. The lowest BCUT2D eigenvalue weighted by Gasteiger charge is -2.13. The molecule has 26 heavy (non-hydrogen) atoms. The number of aryl methyl sites for hydroxylation is 2. The van der Waals surface area contributed by atoms with Crippen LogP contribution in [0.4, 0.5) is 5.82 Å². The van der Waals surface area contributed by atoms with Crippen LogP contribution in [0.2, 0.25) is 0 Å². The maximum atomic E-state index is 12.3. The number of anilines is 1. The average Bonchev–Trinajstić information content (AvgIpc) is 3.09. The molecule has 0 aliphatic carbocycles. The molecule has 1 aromatic heterocycles. The standard InChI is InChI=1S/C18H23N3O3S2/c1-13-4-3-5-15(8-13)10-25-11-18(22)19-17-9-14(2)20-21(17)16-6-7-26(23,24)12-16/h3-5,8-9,16H,6-7,10-12H2,1-2H3,(H,19,22)/t16-/m1/s1. The minimum Gasteiger partial charge on any atom is -0.310 e. The molecule has 0 unspecified atom stereocenters. The summed E-state index contributed by atoms with van der Waals surface area (Å²) in [5.41, 5.74) is 3.16. The van der Waals surface area contributed by atoms with E-state index in [0.717, 1.165) is 11.4 Å². The van der Waals surface area contributed by atoms with Crippen LogP contribution in [0.1, 0.15) is 29.3 Å². The molecule has 3 rings (SSSR count). The first kappa shape index (κ1) is 19.0. The Bertz CT molecular complexity index is 906. The van der Waals surface area contributed by atoms with Crippen LogP contribution in [0.15, 0.2) is 30.3 Å². The van der Waals surface area contributed by atoms with Gasteiger partial charge in [-0.1, -0.05) is 29.8 Å².